The number of amidine groups is 1. The average Bonchev–Trinajstić information content (AvgIpc) is 2.72. The molecule has 4 nitrogen and oxygen atoms in total. The number of nitrogens with one attached hydrogen (secondary N) is 1. The van der Waals surface area contributed by atoms with E-state index in [1.165, 1.54) is 0 Å². The molecule has 0 bridgehead atoms. The SMILES string of the molecule is CC1CCCN(CC2C=CC(C=CC(O)C3CCC(C)C(C(=N)N)C3)CC2C(F)(F)F)C1. The lowest BCUT2D eigenvalue weighted by atomic mass is 9.72. The first kappa shape index (κ1) is 25.3. The monoisotopic (exact) mass is 455 g/mol. The standard InChI is InChI=1S/C25H40F3N3O/c1-16-4-3-11-31(14-16)15-20-9-6-18(12-22(20)25(26,27)28)7-10-23(32)19-8-5-17(2)21(13-19)24(29)30/h6-7,9-10,16-23,32H,3-5,8,11-15H2,1-2H3,(H3,29,30). The van der Waals surface area contributed by atoms with Gasteiger partial charge >= 0.3 is 6.18 Å². The van der Waals surface area contributed by atoms with Crippen molar-refractivity contribution in [3.8, 4) is 0 Å². The van der Waals surface area contributed by atoms with Crippen LogP contribution in [0.3, 0.4) is 0 Å². The van der Waals surface area contributed by atoms with E-state index < -0.39 is 24.1 Å². The van der Waals surface area contributed by atoms with Crippen molar-refractivity contribution in [3.05, 3.63) is 24.3 Å². The molecule has 3 rings (SSSR count). The lowest BCUT2D eigenvalue weighted by molar-refractivity contribution is -0.190. The van der Waals surface area contributed by atoms with Crippen molar-refractivity contribution >= 4 is 5.84 Å². The van der Waals surface area contributed by atoms with E-state index in [1.807, 2.05) is 6.08 Å². The second-order valence-electron chi connectivity index (χ2n) is 10.6. The van der Waals surface area contributed by atoms with Crippen LogP contribution >= 0.6 is 0 Å². The van der Waals surface area contributed by atoms with Crippen molar-refractivity contribution in [2.45, 2.75) is 64.7 Å². The predicted octanol–water partition coefficient (Wildman–Crippen LogP) is 4.99. The van der Waals surface area contributed by atoms with Crippen LogP contribution in [0.5, 0.6) is 0 Å². The Morgan fingerprint density at radius 2 is 1.97 bits per heavy atom. The summed E-state index contributed by atoms with van der Waals surface area (Å²) in [6, 6.07) is 0. The summed E-state index contributed by atoms with van der Waals surface area (Å²) < 4.78 is 41.6. The lowest BCUT2D eigenvalue weighted by Gasteiger charge is -2.38. The quantitative estimate of drug-likeness (QED) is 0.300. The van der Waals surface area contributed by atoms with Gasteiger partial charge in [-0.15, -0.1) is 0 Å². The molecule has 7 heteroatoms. The number of likely N-dealkylation sites (tertiary alicyclic amines) is 1. The average molecular weight is 456 g/mol. The summed E-state index contributed by atoms with van der Waals surface area (Å²) in [6.07, 6.45) is 6.79. The van der Waals surface area contributed by atoms with Crippen molar-refractivity contribution in [3.63, 3.8) is 0 Å². The van der Waals surface area contributed by atoms with Crippen molar-refractivity contribution in [1.29, 1.82) is 5.41 Å². The maximum absolute atomic E-state index is 13.9. The number of piperidine rings is 1. The fourth-order valence-corrected chi connectivity index (χ4v) is 5.94. The van der Waals surface area contributed by atoms with Gasteiger partial charge in [0.2, 0.25) is 0 Å². The number of hydrogen-bond acceptors (Lipinski definition) is 3. The normalized spacial score (nSPS) is 38.1. The van der Waals surface area contributed by atoms with Crippen LogP contribution in [-0.2, 0) is 0 Å². The van der Waals surface area contributed by atoms with E-state index in [1.54, 1.807) is 18.2 Å². The highest BCUT2D eigenvalue weighted by molar-refractivity contribution is 5.80. The van der Waals surface area contributed by atoms with E-state index in [9.17, 15) is 18.3 Å². The first-order valence-corrected chi connectivity index (χ1v) is 12.2. The molecule has 0 radical (unpaired) electrons. The molecule has 2 fully saturated rings. The minimum atomic E-state index is -4.23. The second kappa shape index (κ2) is 10.7. The zero-order valence-corrected chi connectivity index (χ0v) is 19.4. The molecule has 1 saturated carbocycles. The molecule has 1 saturated heterocycles. The van der Waals surface area contributed by atoms with Gasteiger partial charge in [-0.1, -0.05) is 38.2 Å². The van der Waals surface area contributed by atoms with Crippen molar-refractivity contribution < 1.29 is 18.3 Å². The van der Waals surface area contributed by atoms with Gasteiger partial charge in [-0.05, 0) is 68.7 Å². The molecule has 3 aliphatic rings. The number of aliphatic hydroxyl groups excluding tert-OH is 1. The third kappa shape index (κ3) is 6.60. The van der Waals surface area contributed by atoms with E-state index in [4.69, 9.17) is 11.1 Å². The van der Waals surface area contributed by atoms with Gasteiger partial charge in [0.25, 0.3) is 0 Å². The number of rotatable bonds is 6. The zero-order valence-electron chi connectivity index (χ0n) is 19.4. The van der Waals surface area contributed by atoms with Crippen molar-refractivity contribution in [2.75, 3.05) is 19.6 Å². The summed E-state index contributed by atoms with van der Waals surface area (Å²) in [6.45, 7) is 6.48. The molecule has 2 aliphatic carbocycles. The summed E-state index contributed by atoms with van der Waals surface area (Å²) >= 11 is 0. The Labute approximate surface area is 190 Å². The Hall–Kier alpha value is -1.34. The van der Waals surface area contributed by atoms with Gasteiger partial charge in [-0.3, -0.25) is 5.41 Å². The molecule has 32 heavy (non-hydrogen) atoms. The van der Waals surface area contributed by atoms with Gasteiger partial charge in [0.15, 0.2) is 0 Å². The molecule has 0 aromatic heterocycles. The van der Waals surface area contributed by atoms with Crippen molar-refractivity contribution in [1.82, 2.24) is 4.90 Å². The molecular weight excluding hydrogens is 415 g/mol. The summed E-state index contributed by atoms with van der Waals surface area (Å²) in [5.41, 5.74) is 5.72. The van der Waals surface area contributed by atoms with E-state index in [2.05, 4.69) is 18.7 Å². The molecule has 0 amide bonds. The summed E-state index contributed by atoms with van der Waals surface area (Å²) in [5.74, 6) is -1.18. The van der Waals surface area contributed by atoms with Crippen LogP contribution < -0.4 is 5.73 Å². The van der Waals surface area contributed by atoms with Crippen LogP contribution in [0.4, 0.5) is 13.2 Å². The number of aliphatic hydroxyl groups is 1. The van der Waals surface area contributed by atoms with Gasteiger partial charge in [0.05, 0.1) is 17.9 Å². The highest BCUT2D eigenvalue weighted by Crippen LogP contribution is 2.42. The number of halogens is 3. The zero-order chi connectivity index (χ0) is 23.5. The molecule has 182 valence electrons. The van der Waals surface area contributed by atoms with Crippen LogP contribution in [0, 0.1) is 46.8 Å². The second-order valence-corrected chi connectivity index (χ2v) is 10.6. The van der Waals surface area contributed by atoms with Crippen molar-refractivity contribution in [2.24, 2.45) is 47.2 Å². The third-order valence-corrected chi connectivity index (χ3v) is 7.95. The summed E-state index contributed by atoms with van der Waals surface area (Å²) in [7, 11) is 0. The fraction of sp³-hybridized carbons (Fsp3) is 0.800. The Morgan fingerprint density at radius 3 is 2.62 bits per heavy atom. The van der Waals surface area contributed by atoms with Crippen LogP contribution in [0.25, 0.3) is 0 Å². The smallest absolute Gasteiger partial charge is 0.389 e. The molecule has 0 spiro atoms. The Kier molecular flexibility index (Phi) is 8.48. The molecule has 0 aromatic rings. The van der Waals surface area contributed by atoms with Gasteiger partial charge in [-0.2, -0.15) is 13.2 Å². The molecule has 4 N–H and O–H groups in total. The number of allylic oxidation sites excluding steroid dienone is 2. The first-order chi connectivity index (χ1) is 15.0. The van der Waals surface area contributed by atoms with Crippen LogP contribution in [-0.4, -0.2) is 47.8 Å². The minimum Gasteiger partial charge on any atom is -0.389 e. The highest BCUT2D eigenvalue weighted by Gasteiger charge is 2.46. The topological polar surface area (TPSA) is 73.3 Å². The third-order valence-electron chi connectivity index (χ3n) is 7.95. The van der Waals surface area contributed by atoms with E-state index >= 15 is 0 Å². The summed E-state index contributed by atoms with van der Waals surface area (Å²) in [5, 5.41) is 18.4. The molecule has 8 atom stereocenters. The Balaban J connectivity index is 1.62. The minimum absolute atomic E-state index is 0.00354. The van der Waals surface area contributed by atoms with Crippen LogP contribution in [0.1, 0.15) is 52.4 Å². The molecule has 1 aliphatic heterocycles. The van der Waals surface area contributed by atoms with Gasteiger partial charge in [0, 0.05) is 24.9 Å². The van der Waals surface area contributed by atoms with Gasteiger partial charge in [-0.25, -0.2) is 0 Å². The maximum Gasteiger partial charge on any atom is 0.392 e. The molecule has 8 unspecified atom stereocenters. The Morgan fingerprint density at radius 1 is 1.22 bits per heavy atom. The highest BCUT2D eigenvalue weighted by atomic mass is 19.4. The van der Waals surface area contributed by atoms with E-state index in [0.29, 0.717) is 24.8 Å². The van der Waals surface area contributed by atoms with E-state index in [-0.39, 0.29) is 30.0 Å². The first-order valence-electron chi connectivity index (χ1n) is 12.2. The number of nitrogens with zero attached hydrogens (tertiary/aromatic N) is 1. The fourth-order valence-electron chi connectivity index (χ4n) is 5.94. The molecular formula is C25H40F3N3O. The molecule has 0 aromatic carbocycles. The maximum atomic E-state index is 13.9. The largest absolute Gasteiger partial charge is 0.392 e. The molecule has 1 heterocycles. The number of nitrogens with two attached hydrogens (primary N) is 1. The van der Waals surface area contributed by atoms with Gasteiger partial charge in [0.1, 0.15) is 0 Å². The van der Waals surface area contributed by atoms with E-state index in [0.717, 1.165) is 38.8 Å². The number of hydrogen-bond donors (Lipinski definition) is 3. The van der Waals surface area contributed by atoms with Gasteiger partial charge < -0.3 is 15.7 Å². The van der Waals surface area contributed by atoms with Crippen LogP contribution in [0.2, 0.25) is 0 Å². The predicted molar refractivity (Wildman–Crippen MR) is 122 cm³/mol. The van der Waals surface area contributed by atoms with Crippen LogP contribution in [0.15, 0.2) is 24.3 Å². The summed E-state index contributed by atoms with van der Waals surface area (Å²) in [4.78, 5) is 2.19. The lowest BCUT2D eigenvalue weighted by Crippen LogP contribution is -2.43. The Bertz CT molecular complexity index is 692. The number of alkyl halides is 3.